The number of hydrazine groups is 1. The number of nitrogens with two attached hydrogens (primary N) is 1. The predicted octanol–water partition coefficient (Wildman–Crippen LogP) is 1.24. The number of rotatable bonds is 5. The lowest BCUT2D eigenvalue weighted by atomic mass is 10.2. The molecule has 0 aliphatic heterocycles. The average Bonchev–Trinajstić information content (AvgIpc) is 2.77. The SMILES string of the molecule is CCCC(C)Nc1nc(NN)nc2[nH]ncc12. The number of hydrogen-bond acceptors (Lipinski definition) is 6. The molecule has 0 saturated heterocycles. The Morgan fingerprint density at radius 3 is 3.00 bits per heavy atom. The first-order chi connectivity index (χ1) is 8.24. The van der Waals surface area contributed by atoms with Gasteiger partial charge in [0.25, 0.3) is 0 Å². The minimum Gasteiger partial charge on any atom is -0.367 e. The fourth-order valence-electron chi connectivity index (χ4n) is 1.75. The summed E-state index contributed by atoms with van der Waals surface area (Å²) in [6, 6.07) is 0.346. The number of fused-ring (bicyclic) bond motifs is 1. The largest absolute Gasteiger partial charge is 0.367 e. The molecule has 2 aromatic heterocycles. The van der Waals surface area contributed by atoms with Gasteiger partial charge < -0.3 is 5.32 Å². The van der Waals surface area contributed by atoms with E-state index in [2.05, 4.69) is 44.8 Å². The topological polar surface area (TPSA) is 105 Å². The van der Waals surface area contributed by atoms with Gasteiger partial charge in [-0.15, -0.1) is 0 Å². The minimum absolute atomic E-state index is 0.346. The van der Waals surface area contributed by atoms with Crippen LogP contribution in [0.4, 0.5) is 11.8 Å². The van der Waals surface area contributed by atoms with Crippen molar-refractivity contribution in [1.29, 1.82) is 0 Å². The third-order valence-corrected chi connectivity index (χ3v) is 2.54. The maximum Gasteiger partial charge on any atom is 0.241 e. The molecule has 0 aliphatic carbocycles. The fourth-order valence-corrected chi connectivity index (χ4v) is 1.75. The Balaban J connectivity index is 2.33. The van der Waals surface area contributed by atoms with Crippen LogP contribution in [0.25, 0.3) is 11.0 Å². The van der Waals surface area contributed by atoms with E-state index in [1.807, 2.05) is 0 Å². The maximum absolute atomic E-state index is 5.33. The molecule has 7 heteroatoms. The molecule has 2 aromatic rings. The van der Waals surface area contributed by atoms with E-state index < -0.39 is 0 Å². The predicted molar refractivity (Wildman–Crippen MR) is 67.5 cm³/mol. The molecule has 0 spiro atoms. The Labute approximate surface area is 99.2 Å². The summed E-state index contributed by atoms with van der Waals surface area (Å²) in [5, 5.41) is 11.0. The Kier molecular flexibility index (Phi) is 3.38. The first-order valence-electron chi connectivity index (χ1n) is 5.68. The number of nitrogens with one attached hydrogen (secondary N) is 3. The van der Waals surface area contributed by atoms with Gasteiger partial charge in [0.2, 0.25) is 5.95 Å². The number of nitrogen functional groups attached to an aromatic ring is 1. The van der Waals surface area contributed by atoms with Crippen LogP contribution >= 0.6 is 0 Å². The summed E-state index contributed by atoms with van der Waals surface area (Å²) in [6.45, 7) is 4.27. The summed E-state index contributed by atoms with van der Waals surface area (Å²) in [7, 11) is 0. The zero-order valence-electron chi connectivity index (χ0n) is 9.99. The molecule has 1 atom stereocenters. The van der Waals surface area contributed by atoms with Gasteiger partial charge in [0, 0.05) is 6.04 Å². The zero-order chi connectivity index (χ0) is 12.3. The van der Waals surface area contributed by atoms with Crippen LogP contribution in [0, 0.1) is 0 Å². The number of aromatic amines is 1. The average molecular weight is 235 g/mol. The number of nitrogens with zero attached hydrogens (tertiary/aromatic N) is 3. The lowest BCUT2D eigenvalue weighted by Crippen LogP contribution is -2.17. The van der Waals surface area contributed by atoms with E-state index in [1.54, 1.807) is 6.20 Å². The normalized spacial score (nSPS) is 12.6. The van der Waals surface area contributed by atoms with Crippen molar-refractivity contribution in [3.05, 3.63) is 6.20 Å². The van der Waals surface area contributed by atoms with Gasteiger partial charge in [-0.3, -0.25) is 10.5 Å². The lowest BCUT2D eigenvalue weighted by Gasteiger charge is -2.14. The molecule has 0 fully saturated rings. The highest BCUT2D eigenvalue weighted by molar-refractivity contribution is 5.87. The molecule has 7 nitrogen and oxygen atoms in total. The summed E-state index contributed by atoms with van der Waals surface area (Å²) in [5.74, 6) is 6.45. The van der Waals surface area contributed by atoms with Gasteiger partial charge in [0.15, 0.2) is 5.65 Å². The van der Waals surface area contributed by atoms with Gasteiger partial charge in [-0.2, -0.15) is 15.1 Å². The quantitative estimate of drug-likeness (QED) is 0.459. The number of hydrogen-bond donors (Lipinski definition) is 4. The summed E-state index contributed by atoms with van der Waals surface area (Å²) in [5.41, 5.74) is 3.11. The molecule has 0 aliphatic rings. The van der Waals surface area contributed by atoms with E-state index in [-0.39, 0.29) is 0 Å². The molecule has 0 aromatic carbocycles. The van der Waals surface area contributed by atoms with Gasteiger partial charge >= 0.3 is 0 Å². The van der Waals surface area contributed by atoms with Crippen LogP contribution in [-0.4, -0.2) is 26.2 Å². The molecule has 1 unspecified atom stereocenters. The van der Waals surface area contributed by atoms with E-state index in [1.165, 1.54) is 0 Å². The van der Waals surface area contributed by atoms with Crippen molar-refractivity contribution in [3.63, 3.8) is 0 Å². The second-order valence-electron chi connectivity index (χ2n) is 4.01. The van der Waals surface area contributed by atoms with Gasteiger partial charge in [-0.1, -0.05) is 13.3 Å². The van der Waals surface area contributed by atoms with Crippen LogP contribution in [0.15, 0.2) is 6.20 Å². The Morgan fingerprint density at radius 2 is 2.29 bits per heavy atom. The van der Waals surface area contributed by atoms with E-state index >= 15 is 0 Å². The maximum atomic E-state index is 5.33. The molecule has 0 radical (unpaired) electrons. The molecule has 0 bridgehead atoms. The van der Waals surface area contributed by atoms with Crippen LogP contribution in [0.1, 0.15) is 26.7 Å². The van der Waals surface area contributed by atoms with Gasteiger partial charge in [0.05, 0.1) is 11.6 Å². The smallest absolute Gasteiger partial charge is 0.241 e. The van der Waals surface area contributed by atoms with Crippen LogP contribution in [0.5, 0.6) is 0 Å². The molecule has 2 rings (SSSR count). The fraction of sp³-hybridized carbons (Fsp3) is 0.500. The van der Waals surface area contributed by atoms with E-state index in [0.29, 0.717) is 17.6 Å². The molecule has 92 valence electrons. The van der Waals surface area contributed by atoms with E-state index in [9.17, 15) is 0 Å². The second kappa shape index (κ2) is 4.96. The first kappa shape index (κ1) is 11.6. The van der Waals surface area contributed by atoms with Crippen LogP contribution in [0.2, 0.25) is 0 Å². The third kappa shape index (κ3) is 2.44. The monoisotopic (exact) mass is 235 g/mol. The minimum atomic E-state index is 0.346. The second-order valence-corrected chi connectivity index (χ2v) is 4.01. The third-order valence-electron chi connectivity index (χ3n) is 2.54. The van der Waals surface area contributed by atoms with Gasteiger partial charge in [0.1, 0.15) is 5.82 Å². The molecular weight excluding hydrogens is 218 g/mol. The standard InChI is InChI=1S/C10H17N7/c1-3-4-6(2)13-8-7-5-12-17-9(7)15-10(14-8)16-11/h5-6H,3-4,11H2,1-2H3,(H3,12,13,14,15,16,17). The van der Waals surface area contributed by atoms with E-state index in [0.717, 1.165) is 24.0 Å². The highest BCUT2D eigenvalue weighted by Gasteiger charge is 2.10. The van der Waals surface area contributed by atoms with Crippen molar-refractivity contribution in [2.45, 2.75) is 32.7 Å². The number of H-pyrrole nitrogens is 1. The first-order valence-corrected chi connectivity index (χ1v) is 5.68. The van der Waals surface area contributed by atoms with Gasteiger partial charge in [-0.25, -0.2) is 5.84 Å². The molecule has 2 heterocycles. The summed E-state index contributed by atoms with van der Waals surface area (Å²) < 4.78 is 0. The van der Waals surface area contributed by atoms with Crippen LogP contribution in [-0.2, 0) is 0 Å². The molecule has 5 N–H and O–H groups in total. The van der Waals surface area contributed by atoms with Crippen molar-refractivity contribution in [1.82, 2.24) is 20.2 Å². The highest BCUT2D eigenvalue weighted by Crippen LogP contribution is 2.20. The summed E-state index contributed by atoms with van der Waals surface area (Å²) in [6.07, 6.45) is 3.90. The van der Waals surface area contributed by atoms with E-state index in [4.69, 9.17) is 5.84 Å². The number of anilines is 2. The van der Waals surface area contributed by atoms with Crippen molar-refractivity contribution < 1.29 is 0 Å². The highest BCUT2D eigenvalue weighted by atomic mass is 15.3. The molecule has 0 amide bonds. The Hall–Kier alpha value is -1.89. The molecular formula is C10H17N7. The van der Waals surface area contributed by atoms with Gasteiger partial charge in [-0.05, 0) is 13.3 Å². The van der Waals surface area contributed by atoms with Crippen molar-refractivity contribution in [2.75, 3.05) is 10.7 Å². The Bertz CT molecular complexity index is 492. The Morgan fingerprint density at radius 1 is 1.47 bits per heavy atom. The van der Waals surface area contributed by atoms with Crippen LogP contribution < -0.4 is 16.6 Å². The number of aromatic nitrogens is 4. The molecule has 17 heavy (non-hydrogen) atoms. The summed E-state index contributed by atoms with van der Waals surface area (Å²) in [4.78, 5) is 8.46. The van der Waals surface area contributed by atoms with Crippen molar-refractivity contribution in [2.24, 2.45) is 5.84 Å². The lowest BCUT2D eigenvalue weighted by molar-refractivity contribution is 0.688. The summed E-state index contributed by atoms with van der Waals surface area (Å²) >= 11 is 0. The van der Waals surface area contributed by atoms with Crippen LogP contribution in [0.3, 0.4) is 0 Å². The molecule has 0 saturated carbocycles. The van der Waals surface area contributed by atoms with Crippen molar-refractivity contribution in [3.8, 4) is 0 Å². The van der Waals surface area contributed by atoms with Crippen molar-refractivity contribution >= 4 is 22.8 Å². The zero-order valence-corrected chi connectivity index (χ0v) is 9.99.